The summed E-state index contributed by atoms with van der Waals surface area (Å²) in [7, 11) is 1.80. The van der Waals surface area contributed by atoms with E-state index < -0.39 is 0 Å². The Bertz CT molecular complexity index is 695. The summed E-state index contributed by atoms with van der Waals surface area (Å²) in [6.45, 7) is 3.83. The van der Waals surface area contributed by atoms with Gasteiger partial charge in [0.05, 0.1) is 0 Å². The topological polar surface area (TPSA) is 52.6 Å². The lowest BCUT2D eigenvalue weighted by Crippen LogP contribution is -2.37. The zero-order valence-electron chi connectivity index (χ0n) is 16.7. The van der Waals surface area contributed by atoms with E-state index >= 15 is 0 Å². The molecular weight excluding hydrogens is 461 g/mol. The van der Waals surface area contributed by atoms with Crippen molar-refractivity contribution in [3.8, 4) is 0 Å². The van der Waals surface area contributed by atoms with Crippen molar-refractivity contribution in [1.29, 1.82) is 0 Å². The zero-order chi connectivity index (χ0) is 18.7. The first kappa shape index (κ1) is 22.5. The first-order valence-electron chi connectivity index (χ1n) is 10.0. The molecule has 0 aliphatic carbocycles. The highest BCUT2D eigenvalue weighted by Gasteiger charge is 2.10. The van der Waals surface area contributed by atoms with E-state index in [1.807, 2.05) is 12.3 Å². The van der Waals surface area contributed by atoms with Crippen LogP contribution < -0.4 is 15.5 Å². The summed E-state index contributed by atoms with van der Waals surface area (Å²) >= 11 is 0. The minimum atomic E-state index is 0. The van der Waals surface area contributed by atoms with E-state index in [4.69, 9.17) is 0 Å². The van der Waals surface area contributed by atoms with Gasteiger partial charge in [-0.05, 0) is 36.5 Å². The lowest BCUT2D eigenvalue weighted by molar-refractivity contribution is 0.726. The molecule has 0 bridgehead atoms. The van der Waals surface area contributed by atoms with Gasteiger partial charge >= 0.3 is 0 Å². The van der Waals surface area contributed by atoms with E-state index in [-0.39, 0.29) is 24.0 Å². The smallest absolute Gasteiger partial charge is 0.191 e. The number of nitrogens with one attached hydrogen (secondary N) is 2. The van der Waals surface area contributed by atoms with Crippen LogP contribution in [0, 0.1) is 0 Å². The molecule has 3 rings (SSSR count). The molecule has 0 unspecified atom stereocenters. The van der Waals surface area contributed by atoms with Crippen LogP contribution in [0.2, 0.25) is 0 Å². The van der Waals surface area contributed by atoms with Gasteiger partial charge in [-0.3, -0.25) is 4.99 Å². The average Bonchev–Trinajstić information content (AvgIpc) is 3.01. The van der Waals surface area contributed by atoms with Crippen molar-refractivity contribution in [2.75, 3.05) is 31.6 Å². The van der Waals surface area contributed by atoms with Crippen LogP contribution in [-0.4, -0.2) is 37.6 Å². The van der Waals surface area contributed by atoms with Crippen LogP contribution in [0.4, 0.5) is 5.82 Å². The minimum Gasteiger partial charge on any atom is -0.357 e. The second kappa shape index (κ2) is 12.6. The second-order valence-corrected chi connectivity index (χ2v) is 7.01. The Morgan fingerprint density at radius 2 is 1.71 bits per heavy atom. The van der Waals surface area contributed by atoms with Crippen molar-refractivity contribution in [3.05, 3.63) is 59.8 Å². The van der Waals surface area contributed by atoms with Crippen molar-refractivity contribution in [1.82, 2.24) is 15.6 Å². The van der Waals surface area contributed by atoms with Crippen LogP contribution >= 0.6 is 24.0 Å². The lowest BCUT2D eigenvalue weighted by Gasteiger charge is -2.21. The Morgan fingerprint density at radius 1 is 0.964 bits per heavy atom. The van der Waals surface area contributed by atoms with Crippen molar-refractivity contribution in [3.63, 3.8) is 0 Å². The number of benzene rings is 1. The minimum absolute atomic E-state index is 0. The van der Waals surface area contributed by atoms with Crippen molar-refractivity contribution in [2.45, 2.75) is 38.6 Å². The fourth-order valence-corrected chi connectivity index (χ4v) is 3.38. The van der Waals surface area contributed by atoms with Gasteiger partial charge < -0.3 is 15.5 Å². The summed E-state index contributed by atoms with van der Waals surface area (Å²) in [5.41, 5.74) is 2.49. The maximum Gasteiger partial charge on any atom is 0.191 e. The number of halogens is 1. The quantitative estimate of drug-likeness (QED) is 0.363. The molecule has 6 heteroatoms. The standard InChI is InChI=1S/C22H31N5.HI/c1-23-22(24-14-13-19-9-5-4-6-10-19)26-18-20-11-12-21(25-17-20)27-15-7-2-3-8-16-27;/h4-6,9-12,17H,2-3,7-8,13-16,18H2,1H3,(H2,23,24,26);1H. The first-order chi connectivity index (χ1) is 13.3. The molecule has 0 radical (unpaired) electrons. The summed E-state index contributed by atoms with van der Waals surface area (Å²) < 4.78 is 0. The van der Waals surface area contributed by atoms with Crippen molar-refractivity contribution >= 4 is 35.8 Å². The molecule has 1 aliphatic rings. The zero-order valence-corrected chi connectivity index (χ0v) is 19.1. The van der Waals surface area contributed by atoms with Crippen molar-refractivity contribution in [2.24, 2.45) is 4.99 Å². The highest BCUT2D eigenvalue weighted by molar-refractivity contribution is 14.0. The number of nitrogens with zero attached hydrogens (tertiary/aromatic N) is 3. The SMILES string of the molecule is CN=C(NCCc1ccccc1)NCc1ccc(N2CCCCCC2)nc1.I. The van der Waals surface area contributed by atoms with Crippen molar-refractivity contribution < 1.29 is 0 Å². The van der Waals surface area contributed by atoms with E-state index in [1.54, 1.807) is 7.05 Å². The molecule has 0 amide bonds. The molecule has 0 atom stereocenters. The Labute approximate surface area is 186 Å². The third-order valence-electron chi connectivity index (χ3n) is 4.97. The highest BCUT2D eigenvalue weighted by atomic mass is 127. The number of aliphatic imine (C=N–C) groups is 1. The summed E-state index contributed by atoms with van der Waals surface area (Å²) in [5.74, 6) is 1.92. The molecule has 2 heterocycles. The van der Waals surface area contributed by atoms with Gasteiger partial charge in [-0.25, -0.2) is 4.98 Å². The number of anilines is 1. The Morgan fingerprint density at radius 3 is 2.36 bits per heavy atom. The third kappa shape index (κ3) is 7.30. The van der Waals surface area contributed by atoms with Gasteiger partial charge in [0.15, 0.2) is 5.96 Å². The van der Waals surface area contributed by atoms with Crippen LogP contribution in [0.5, 0.6) is 0 Å². The highest BCUT2D eigenvalue weighted by Crippen LogP contribution is 2.17. The molecule has 1 aromatic heterocycles. The van der Waals surface area contributed by atoms with Gasteiger partial charge in [-0.2, -0.15) is 0 Å². The van der Waals surface area contributed by atoms with Crippen LogP contribution in [0.3, 0.4) is 0 Å². The van der Waals surface area contributed by atoms with Gasteiger partial charge in [0, 0.05) is 39.4 Å². The monoisotopic (exact) mass is 493 g/mol. The summed E-state index contributed by atoms with van der Waals surface area (Å²) in [4.78, 5) is 11.4. The van der Waals surface area contributed by atoms with E-state index in [1.165, 1.54) is 36.8 Å². The van der Waals surface area contributed by atoms with E-state index in [0.29, 0.717) is 0 Å². The first-order valence-corrected chi connectivity index (χ1v) is 10.0. The molecule has 0 saturated carbocycles. The Kier molecular flexibility index (Phi) is 10.1. The fourth-order valence-electron chi connectivity index (χ4n) is 3.38. The molecule has 1 aliphatic heterocycles. The van der Waals surface area contributed by atoms with Gasteiger partial charge in [-0.15, -0.1) is 24.0 Å². The predicted octanol–water partition coefficient (Wildman–Crippen LogP) is 3.99. The number of guanidine groups is 1. The molecule has 1 aromatic carbocycles. The molecule has 2 N–H and O–H groups in total. The normalized spacial score (nSPS) is 14.8. The summed E-state index contributed by atoms with van der Waals surface area (Å²) in [5, 5.41) is 6.73. The van der Waals surface area contributed by atoms with Crippen LogP contribution in [0.25, 0.3) is 0 Å². The lowest BCUT2D eigenvalue weighted by atomic mass is 10.1. The molecular formula is C22H32IN5. The molecule has 1 saturated heterocycles. The number of pyridine rings is 1. The van der Waals surface area contributed by atoms with Crippen LogP contribution in [0.1, 0.15) is 36.8 Å². The average molecular weight is 493 g/mol. The number of rotatable bonds is 6. The van der Waals surface area contributed by atoms with Gasteiger partial charge in [-0.1, -0.05) is 49.2 Å². The summed E-state index contributed by atoms with van der Waals surface area (Å²) in [6.07, 6.45) is 8.19. The second-order valence-electron chi connectivity index (χ2n) is 7.01. The van der Waals surface area contributed by atoms with E-state index in [0.717, 1.165) is 44.4 Å². The molecule has 1 fully saturated rings. The molecule has 28 heavy (non-hydrogen) atoms. The molecule has 2 aromatic rings. The Balaban J connectivity index is 0.00000280. The van der Waals surface area contributed by atoms with Gasteiger partial charge in [0.2, 0.25) is 0 Å². The largest absolute Gasteiger partial charge is 0.357 e. The van der Waals surface area contributed by atoms with Crippen LogP contribution in [0.15, 0.2) is 53.7 Å². The fraction of sp³-hybridized carbons (Fsp3) is 0.455. The molecule has 152 valence electrons. The number of hydrogen-bond donors (Lipinski definition) is 2. The van der Waals surface area contributed by atoms with E-state index in [2.05, 4.69) is 61.9 Å². The van der Waals surface area contributed by atoms with E-state index in [9.17, 15) is 0 Å². The number of aromatic nitrogens is 1. The van der Waals surface area contributed by atoms with Gasteiger partial charge in [0.1, 0.15) is 5.82 Å². The maximum absolute atomic E-state index is 4.68. The Hall–Kier alpha value is -1.83. The maximum atomic E-state index is 4.68. The van der Waals surface area contributed by atoms with Gasteiger partial charge in [0.25, 0.3) is 0 Å². The number of hydrogen-bond acceptors (Lipinski definition) is 3. The summed E-state index contributed by atoms with van der Waals surface area (Å²) in [6, 6.07) is 14.8. The molecule has 5 nitrogen and oxygen atoms in total. The third-order valence-corrected chi connectivity index (χ3v) is 4.97. The molecule has 0 spiro atoms. The predicted molar refractivity (Wildman–Crippen MR) is 129 cm³/mol. The van der Waals surface area contributed by atoms with Crippen LogP contribution in [-0.2, 0) is 13.0 Å².